The number of benzene rings is 1. The molecule has 0 atom stereocenters. The summed E-state index contributed by atoms with van der Waals surface area (Å²) in [4.78, 5) is 23.4. The van der Waals surface area contributed by atoms with Crippen LogP contribution >= 0.6 is 11.6 Å². The second-order valence-electron chi connectivity index (χ2n) is 4.87. The fourth-order valence-electron chi connectivity index (χ4n) is 1.95. The largest absolute Gasteiger partial charge is 0.486 e. The van der Waals surface area contributed by atoms with Gasteiger partial charge in [0.25, 0.3) is 0 Å². The number of rotatable bonds is 6. The zero-order valence-corrected chi connectivity index (χ0v) is 13.2. The van der Waals surface area contributed by atoms with Crippen LogP contribution in [-0.4, -0.2) is 31.6 Å². The van der Waals surface area contributed by atoms with E-state index in [1.54, 1.807) is 12.1 Å². The topological polar surface area (TPSA) is 76.7 Å². The smallest absolute Gasteiger partial charge is 0.224 e. The summed E-state index contributed by atoms with van der Waals surface area (Å²) in [6, 6.07) is 3.24. The van der Waals surface area contributed by atoms with E-state index in [0.29, 0.717) is 42.0 Å². The van der Waals surface area contributed by atoms with Crippen molar-refractivity contribution in [2.75, 3.05) is 25.1 Å². The summed E-state index contributed by atoms with van der Waals surface area (Å²) in [6.45, 7) is 3.52. The van der Waals surface area contributed by atoms with E-state index in [0.717, 1.165) is 6.42 Å². The van der Waals surface area contributed by atoms with Crippen molar-refractivity contribution in [1.82, 2.24) is 5.32 Å². The Labute approximate surface area is 134 Å². The highest BCUT2D eigenvalue weighted by atomic mass is 35.5. The second kappa shape index (κ2) is 7.89. The first-order valence-electron chi connectivity index (χ1n) is 7.26. The van der Waals surface area contributed by atoms with Crippen LogP contribution in [0.3, 0.4) is 0 Å². The molecule has 2 amide bonds. The molecule has 120 valence electrons. The average molecular weight is 327 g/mol. The molecule has 22 heavy (non-hydrogen) atoms. The van der Waals surface area contributed by atoms with Gasteiger partial charge in [0.15, 0.2) is 11.5 Å². The number of fused-ring (bicyclic) bond motifs is 1. The summed E-state index contributed by atoms with van der Waals surface area (Å²) in [5.74, 6) is 0.704. The van der Waals surface area contributed by atoms with Gasteiger partial charge in [-0.15, -0.1) is 0 Å². The molecule has 1 heterocycles. The highest BCUT2D eigenvalue weighted by molar-refractivity contribution is 6.34. The summed E-state index contributed by atoms with van der Waals surface area (Å²) in [6.07, 6.45) is 1.11. The SMILES string of the molecule is CCCNC(=O)CCC(=O)Nc1cc2c(cc1Cl)OCCO2. The van der Waals surface area contributed by atoms with Crippen LogP contribution in [0.2, 0.25) is 5.02 Å². The van der Waals surface area contributed by atoms with Crippen molar-refractivity contribution in [3.05, 3.63) is 17.2 Å². The molecule has 1 aliphatic rings. The molecule has 1 aromatic rings. The minimum absolute atomic E-state index is 0.0975. The molecule has 0 aliphatic carbocycles. The minimum atomic E-state index is -0.273. The van der Waals surface area contributed by atoms with E-state index in [1.165, 1.54) is 0 Å². The summed E-state index contributed by atoms with van der Waals surface area (Å²) in [5, 5.41) is 5.78. The van der Waals surface area contributed by atoms with Crippen LogP contribution < -0.4 is 20.1 Å². The fraction of sp³-hybridized carbons (Fsp3) is 0.467. The molecule has 1 aromatic carbocycles. The molecule has 0 bridgehead atoms. The van der Waals surface area contributed by atoms with Crippen molar-refractivity contribution in [2.45, 2.75) is 26.2 Å². The van der Waals surface area contributed by atoms with Crippen LogP contribution in [0.15, 0.2) is 12.1 Å². The van der Waals surface area contributed by atoms with Gasteiger partial charge in [0.1, 0.15) is 13.2 Å². The van der Waals surface area contributed by atoms with Crippen molar-refractivity contribution < 1.29 is 19.1 Å². The molecular formula is C15H19ClN2O4. The molecule has 0 unspecified atom stereocenters. The van der Waals surface area contributed by atoms with Gasteiger partial charge < -0.3 is 20.1 Å². The standard InChI is InChI=1S/C15H19ClN2O4/c1-2-5-17-14(19)3-4-15(20)18-11-9-13-12(8-10(11)16)21-6-7-22-13/h8-9H,2-7H2,1H3,(H,17,19)(H,18,20). The van der Waals surface area contributed by atoms with E-state index in [4.69, 9.17) is 21.1 Å². The van der Waals surface area contributed by atoms with Crippen molar-refractivity contribution in [3.63, 3.8) is 0 Å². The number of halogens is 1. The molecule has 0 spiro atoms. The van der Waals surface area contributed by atoms with Crippen molar-refractivity contribution in [3.8, 4) is 11.5 Å². The predicted molar refractivity (Wildman–Crippen MR) is 83.6 cm³/mol. The van der Waals surface area contributed by atoms with Gasteiger partial charge in [-0.05, 0) is 6.42 Å². The maximum absolute atomic E-state index is 11.9. The van der Waals surface area contributed by atoms with Gasteiger partial charge in [-0.25, -0.2) is 0 Å². The number of nitrogens with one attached hydrogen (secondary N) is 2. The molecule has 0 fully saturated rings. The number of carbonyl (C=O) groups is 2. The van der Waals surface area contributed by atoms with Crippen LogP contribution in [0.25, 0.3) is 0 Å². The monoisotopic (exact) mass is 326 g/mol. The lowest BCUT2D eigenvalue weighted by Gasteiger charge is -2.20. The number of hydrogen-bond acceptors (Lipinski definition) is 4. The summed E-state index contributed by atoms with van der Waals surface area (Å²) < 4.78 is 10.8. The number of ether oxygens (including phenoxy) is 2. The van der Waals surface area contributed by atoms with Gasteiger partial charge >= 0.3 is 0 Å². The number of anilines is 1. The normalized spacial score (nSPS) is 12.6. The molecule has 0 saturated heterocycles. The van der Waals surface area contributed by atoms with E-state index in [9.17, 15) is 9.59 Å². The lowest BCUT2D eigenvalue weighted by Crippen LogP contribution is -2.25. The Morgan fingerprint density at radius 1 is 1.14 bits per heavy atom. The Balaban J connectivity index is 1.90. The third-order valence-electron chi connectivity index (χ3n) is 3.06. The van der Waals surface area contributed by atoms with Gasteiger partial charge in [-0.3, -0.25) is 9.59 Å². The van der Waals surface area contributed by atoms with Crippen LogP contribution in [0, 0.1) is 0 Å². The zero-order valence-electron chi connectivity index (χ0n) is 12.4. The molecule has 1 aliphatic heterocycles. The number of hydrogen-bond donors (Lipinski definition) is 2. The van der Waals surface area contributed by atoms with Gasteiger partial charge in [-0.1, -0.05) is 18.5 Å². The zero-order chi connectivity index (χ0) is 15.9. The highest BCUT2D eigenvalue weighted by Crippen LogP contribution is 2.37. The lowest BCUT2D eigenvalue weighted by molar-refractivity contribution is -0.124. The molecular weight excluding hydrogens is 308 g/mol. The highest BCUT2D eigenvalue weighted by Gasteiger charge is 2.16. The van der Waals surface area contributed by atoms with Crippen molar-refractivity contribution in [2.24, 2.45) is 0 Å². The predicted octanol–water partition coefficient (Wildman–Crippen LogP) is 2.36. The lowest BCUT2D eigenvalue weighted by atomic mass is 10.2. The van der Waals surface area contributed by atoms with E-state index in [-0.39, 0.29) is 24.7 Å². The second-order valence-corrected chi connectivity index (χ2v) is 5.28. The molecule has 0 radical (unpaired) electrons. The maximum Gasteiger partial charge on any atom is 0.224 e. The Kier molecular flexibility index (Phi) is 5.89. The van der Waals surface area contributed by atoms with Crippen LogP contribution in [-0.2, 0) is 9.59 Å². The summed E-state index contributed by atoms with van der Waals surface area (Å²) in [5.41, 5.74) is 0.449. The van der Waals surface area contributed by atoms with Gasteiger partial charge in [0.05, 0.1) is 10.7 Å². The number of carbonyl (C=O) groups excluding carboxylic acids is 2. The summed E-state index contributed by atoms with van der Waals surface area (Å²) in [7, 11) is 0. The third kappa shape index (κ3) is 4.53. The first-order valence-corrected chi connectivity index (χ1v) is 7.63. The van der Waals surface area contributed by atoms with Crippen molar-refractivity contribution in [1.29, 1.82) is 0 Å². The minimum Gasteiger partial charge on any atom is -0.486 e. The van der Waals surface area contributed by atoms with Gasteiger partial charge in [0, 0.05) is 31.5 Å². The number of amides is 2. The maximum atomic E-state index is 11.9. The summed E-state index contributed by atoms with van der Waals surface area (Å²) >= 11 is 6.11. The molecule has 0 saturated carbocycles. The van der Waals surface area contributed by atoms with E-state index < -0.39 is 0 Å². The van der Waals surface area contributed by atoms with Crippen molar-refractivity contribution >= 4 is 29.1 Å². The quantitative estimate of drug-likeness (QED) is 0.841. The first-order chi connectivity index (χ1) is 10.6. The van der Waals surface area contributed by atoms with Gasteiger partial charge in [0.2, 0.25) is 11.8 Å². The van der Waals surface area contributed by atoms with Crippen LogP contribution in [0.1, 0.15) is 26.2 Å². The van der Waals surface area contributed by atoms with E-state index in [2.05, 4.69) is 10.6 Å². The van der Waals surface area contributed by atoms with Gasteiger partial charge in [-0.2, -0.15) is 0 Å². The Morgan fingerprint density at radius 3 is 2.45 bits per heavy atom. The van der Waals surface area contributed by atoms with E-state index in [1.807, 2.05) is 6.92 Å². The third-order valence-corrected chi connectivity index (χ3v) is 3.37. The molecule has 0 aromatic heterocycles. The Morgan fingerprint density at radius 2 is 1.77 bits per heavy atom. The molecule has 2 N–H and O–H groups in total. The average Bonchev–Trinajstić information content (AvgIpc) is 2.51. The molecule has 7 heteroatoms. The molecule has 2 rings (SSSR count). The first kappa shape index (κ1) is 16.4. The fourth-order valence-corrected chi connectivity index (χ4v) is 2.15. The Bertz CT molecular complexity index is 563. The Hall–Kier alpha value is -1.95. The van der Waals surface area contributed by atoms with E-state index >= 15 is 0 Å². The van der Waals surface area contributed by atoms with Crippen LogP contribution in [0.5, 0.6) is 11.5 Å². The van der Waals surface area contributed by atoms with Crippen LogP contribution in [0.4, 0.5) is 5.69 Å². The molecule has 6 nitrogen and oxygen atoms in total.